The van der Waals surface area contributed by atoms with Crippen molar-refractivity contribution >= 4 is 17.9 Å². The van der Waals surface area contributed by atoms with Crippen LogP contribution in [0.25, 0.3) is 0 Å². The minimum absolute atomic E-state index is 0.144. The van der Waals surface area contributed by atoms with Gasteiger partial charge in [-0.1, -0.05) is 12.2 Å². The molecule has 0 spiro atoms. The molecule has 1 aliphatic rings. The third-order valence-corrected chi connectivity index (χ3v) is 3.17. The molecule has 0 aliphatic carbocycles. The van der Waals surface area contributed by atoms with Crippen LogP contribution in [0.1, 0.15) is 34.1 Å². The second-order valence-corrected chi connectivity index (χ2v) is 5.27. The van der Waals surface area contributed by atoms with Gasteiger partial charge in [0.25, 0.3) is 0 Å². The van der Waals surface area contributed by atoms with Crippen molar-refractivity contribution in [3.8, 4) is 0 Å². The molecule has 0 aromatic carbocycles. The van der Waals surface area contributed by atoms with E-state index in [0.29, 0.717) is 6.61 Å². The molecule has 1 saturated heterocycles. The van der Waals surface area contributed by atoms with Crippen LogP contribution in [0.4, 0.5) is 0 Å². The van der Waals surface area contributed by atoms with Crippen molar-refractivity contribution in [2.24, 2.45) is 0 Å². The number of rotatable bonds is 7. The summed E-state index contributed by atoms with van der Waals surface area (Å²) >= 11 is 0. The van der Waals surface area contributed by atoms with Gasteiger partial charge in [0.15, 0.2) is 12.4 Å². The zero-order valence-electron chi connectivity index (χ0n) is 14.4. The predicted molar refractivity (Wildman–Crippen MR) is 81.8 cm³/mol. The van der Waals surface area contributed by atoms with Crippen molar-refractivity contribution in [1.29, 1.82) is 0 Å². The molecule has 1 rings (SSSR count). The molecule has 8 heteroatoms. The lowest BCUT2D eigenvalue weighted by molar-refractivity contribution is -0.263. The van der Waals surface area contributed by atoms with Gasteiger partial charge in [0.2, 0.25) is 0 Å². The molecule has 0 amide bonds. The first-order chi connectivity index (χ1) is 11.3. The fraction of sp³-hybridized carbons (Fsp3) is 0.688. The van der Waals surface area contributed by atoms with E-state index in [1.165, 1.54) is 20.8 Å². The summed E-state index contributed by atoms with van der Waals surface area (Å²) in [5.74, 6) is -1.57. The normalized spacial score (nSPS) is 26.8. The Labute approximate surface area is 141 Å². The Morgan fingerprint density at radius 3 is 2.29 bits per heavy atom. The van der Waals surface area contributed by atoms with E-state index in [2.05, 4.69) is 0 Å². The summed E-state index contributed by atoms with van der Waals surface area (Å²) in [4.78, 5) is 33.8. The molecule has 1 heterocycles. The van der Waals surface area contributed by atoms with Crippen LogP contribution in [0.3, 0.4) is 0 Å². The Bertz CT molecular complexity index is 473. The molecule has 0 bridgehead atoms. The number of hydrogen-bond acceptors (Lipinski definition) is 8. The fourth-order valence-electron chi connectivity index (χ4n) is 2.26. The SMILES string of the molecule is C/C=C/CO[C@@H]1C[C@@H](OC(C)=O)[C@H](OC(C)=O)[C@@H](COC(C)=O)O1. The molecule has 4 atom stereocenters. The topological polar surface area (TPSA) is 97.4 Å². The van der Waals surface area contributed by atoms with Crippen LogP contribution < -0.4 is 0 Å². The number of ether oxygens (including phenoxy) is 5. The van der Waals surface area contributed by atoms with Crippen LogP contribution in [0.15, 0.2) is 12.2 Å². The first kappa shape index (κ1) is 20.1. The van der Waals surface area contributed by atoms with Crippen molar-refractivity contribution in [3.63, 3.8) is 0 Å². The Kier molecular flexibility index (Phi) is 8.42. The Morgan fingerprint density at radius 1 is 1.08 bits per heavy atom. The fourth-order valence-corrected chi connectivity index (χ4v) is 2.26. The van der Waals surface area contributed by atoms with Crippen LogP contribution in [0, 0.1) is 0 Å². The van der Waals surface area contributed by atoms with Gasteiger partial charge in [0.1, 0.15) is 18.8 Å². The highest BCUT2D eigenvalue weighted by atomic mass is 16.7. The van der Waals surface area contributed by atoms with E-state index in [1.807, 2.05) is 13.0 Å². The van der Waals surface area contributed by atoms with Gasteiger partial charge in [-0.15, -0.1) is 0 Å². The average Bonchev–Trinajstić information content (AvgIpc) is 2.47. The second kappa shape index (κ2) is 10.0. The van der Waals surface area contributed by atoms with Gasteiger partial charge in [0, 0.05) is 27.2 Å². The molecule has 0 unspecified atom stereocenters. The van der Waals surface area contributed by atoms with Gasteiger partial charge in [-0.3, -0.25) is 14.4 Å². The molecule has 0 aromatic rings. The highest BCUT2D eigenvalue weighted by molar-refractivity contribution is 5.67. The zero-order valence-corrected chi connectivity index (χ0v) is 14.4. The predicted octanol–water partition coefficient (Wildman–Crippen LogP) is 1.12. The maximum atomic E-state index is 11.4. The molecule has 1 fully saturated rings. The van der Waals surface area contributed by atoms with Crippen molar-refractivity contribution in [1.82, 2.24) is 0 Å². The minimum Gasteiger partial charge on any atom is -0.463 e. The summed E-state index contributed by atoms with van der Waals surface area (Å²) in [5, 5.41) is 0. The molecule has 0 aromatic heterocycles. The second-order valence-electron chi connectivity index (χ2n) is 5.27. The number of carbonyl (C=O) groups excluding carboxylic acids is 3. The Morgan fingerprint density at radius 2 is 1.75 bits per heavy atom. The van der Waals surface area contributed by atoms with Crippen molar-refractivity contribution in [2.75, 3.05) is 13.2 Å². The van der Waals surface area contributed by atoms with Gasteiger partial charge < -0.3 is 23.7 Å². The van der Waals surface area contributed by atoms with Crippen molar-refractivity contribution in [2.45, 2.75) is 58.7 Å². The van der Waals surface area contributed by atoms with E-state index in [9.17, 15) is 14.4 Å². The van der Waals surface area contributed by atoms with Crippen LogP contribution in [-0.2, 0) is 38.1 Å². The maximum absolute atomic E-state index is 11.4. The van der Waals surface area contributed by atoms with Crippen LogP contribution in [-0.4, -0.2) is 55.7 Å². The van der Waals surface area contributed by atoms with Gasteiger partial charge in [-0.25, -0.2) is 0 Å². The first-order valence-electron chi connectivity index (χ1n) is 7.69. The third-order valence-electron chi connectivity index (χ3n) is 3.17. The van der Waals surface area contributed by atoms with Crippen molar-refractivity contribution < 1.29 is 38.1 Å². The molecule has 8 nitrogen and oxygen atoms in total. The molecule has 1 aliphatic heterocycles. The van der Waals surface area contributed by atoms with Gasteiger partial charge in [-0.05, 0) is 6.92 Å². The first-order valence-corrected chi connectivity index (χ1v) is 7.69. The van der Waals surface area contributed by atoms with E-state index < -0.39 is 42.5 Å². The summed E-state index contributed by atoms with van der Waals surface area (Å²) in [6, 6.07) is 0. The van der Waals surface area contributed by atoms with Gasteiger partial charge >= 0.3 is 17.9 Å². The quantitative estimate of drug-likeness (QED) is 0.385. The summed E-state index contributed by atoms with van der Waals surface area (Å²) < 4.78 is 26.7. The number of allylic oxidation sites excluding steroid dienone is 1. The monoisotopic (exact) mass is 344 g/mol. The molecular formula is C16H24O8. The highest BCUT2D eigenvalue weighted by Crippen LogP contribution is 2.27. The van der Waals surface area contributed by atoms with E-state index in [1.54, 1.807) is 6.08 Å². The van der Waals surface area contributed by atoms with Crippen LogP contribution in [0.5, 0.6) is 0 Å². The molecular weight excluding hydrogens is 320 g/mol. The summed E-state index contributed by atoms with van der Waals surface area (Å²) in [6.07, 6.45) is 0.701. The summed E-state index contributed by atoms with van der Waals surface area (Å²) in [7, 11) is 0. The highest BCUT2D eigenvalue weighted by Gasteiger charge is 2.44. The maximum Gasteiger partial charge on any atom is 0.303 e. The van der Waals surface area contributed by atoms with E-state index in [0.717, 1.165) is 0 Å². The van der Waals surface area contributed by atoms with Gasteiger partial charge in [-0.2, -0.15) is 0 Å². The summed E-state index contributed by atoms with van der Waals surface area (Å²) in [5.41, 5.74) is 0. The minimum atomic E-state index is -0.882. The van der Waals surface area contributed by atoms with E-state index in [4.69, 9.17) is 23.7 Å². The molecule has 0 radical (unpaired) electrons. The average molecular weight is 344 g/mol. The molecule has 0 saturated carbocycles. The Balaban J connectivity index is 2.88. The van der Waals surface area contributed by atoms with E-state index in [-0.39, 0.29) is 13.0 Å². The third kappa shape index (κ3) is 7.10. The van der Waals surface area contributed by atoms with E-state index >= 15 is 0 Å². The van der Waals surface area contributed by atoms with Crippen LogP contribution in [0.2, 0.25) is 0 Å². The number of esters is 3. The standard InChI is InChI=1S/C16H24O8/c1-5-6-7-20-15-8-13(22-11(3)18)16(23-12(4)19)14(24-15)9-21-10(2)17/h5-6,13-16H,7-9H2,1-4H3/b6-5+/t13-,14-,15+,16+/m1/s1. The van der Waals surface area contributed by atoms with Crippen LogP contribution >= 0.6 is 0 Å². The Hall–Kier alpha value is -1.93. The summed E-state index contributed by atoms with van der Waals surface area (Å²) in [6.45, 7) is 5.78. The lowest BCUT2D eigenvalue weighted by Gasteiger charge is -2.39. The number of carbonyl (C=O) groups is 3. The zero-order chi connectivity index (χ0) is 18.1. The smallest absolute Gasteiger partial charge is 0.303 e. The molecule has 136 valence electrons. The van der Waals surface area contributed by atoms with Gasteiger partial charge in [0.05, 0.1) is 6.61 Å². The molecule has 24 heavy (non-hydrogen) atoms. The lowest BCUT2D eigenvalue weighted by Crippen LogP contribution is -2.54. The van der Waals surface area contributed by atoms with Crippen molar-refractivity contribution in [3.05, 3.63) is 12.2 Å². The molecule has 0 N–H and O–H groups in total. The largest absolute Gasteiger partial charge is 0.463 e. The number of hydrogen-bond donors (Lipinski definition) is 0. The lowest BCUT2D eigenvalue weighted by atomic mass is 10.0.